The third kappa shape index (κ3) is 5.51. The summed E-state index contributed by atoms with van der Waals surface area (Å²) in [6.07, 6.45) is 24.5. The summed E-state index contributed by atoms with van der Waals surface area (Å²) in [5, 5.41) is 25.0. The number of nitrogens with one attached hydrogen (secondary N) is 2. The summed E-state index contributed by atoms with van der Waals surface area (Å²) in [5.41, 5.74) is 5.32. The van der Waals surface area contributed by atoms with Gasteiger partial charge in [0.15, 0.2) is 0 Å². The van der Waals surface area contributed by atoms with Crippen LogP contribution in [0.3, 0.4) is 0 Å². The Morgan fingerprint density at radius 3 is 2.84 bits per heavy atom. The van der Waals surface area contributed by atoms with Crippen molar-refractivity contribution >= 4 is 6.21 Å². The number of hydrogen-bond acceptors (Lipinski definition) is 5. The molecule has 3 unspecified atom stereocenters. The number of allylic oxidation sites excluding steroid dienone is 11. The van der Waals surface area contributed by atoms with E-state index >= 15 is 0 Å². The van der Waals surface area contributed by atoms with E-state index in [1.54, 1.807) is 6.08 Å². The van der Waals surface area contributed by atoms with Crippen molar-refractivity contribution < 1.29 is 9.50 Å². The van der Waals surface area contributed by atoms with E-state index in [-0.39, 0.29) is 23.3 Å². The van der Waals surface area contributed by atoms with Gasteiger partial charge in [-0.1, -0.05) is 55.9 Å². The Morgan fingerprint density at radius 2 is 2.05 bits per heavy atom. The number of nitrogens with zero attached hydrogens (tertiary/aromatic N) is 2. The second-order valence-electron chi connectivity index (χ2n) is 11.3. The van der Waals surface area contributed by atoms with Gasteiger partial charge in [-0.25, -0.2) is 9.40 Å². The standard InChI is InChI=1S/C31H39FN4O/c1-20-8-14-27-15-9-23(19-36(27)33-18-20)24-16-29(30(37)34-26-12-10-25(32)11-13-26)35-31(4,17-24)28-7-5-6-21(2)22(28)3/h5-7,9-10,12,14-16,18-20,22,28-30,34-35,37H,8,11,13,17H2,1-4H3/t20-,22-,28?,29?,30?,31-/m1/s1. The first-order chi connectivity index (χ1) is 17.7. The smallest absolute Gasteiger partial charge is 0.143 e. The van der Waals surface area contributed by atoms with E-state index < -0.39 is 6.23 Å². The zero-order valence-corrected chi connectivity index (χ0v) is 22.3. The first-order valence-corrected chi connectivity index (χ1v) is 13.5. The number of rotatable bonds is 5. The van der Waals surface area contributed by atoms with Crippen LogP contribution in [0.25, 0.3) is 0 Å². The first-order valence-electron chi connectivity index (χ1n) is 13.5. The molecule has 5 aliphatic rings. The normalized spacial score (nSPS) is 34.3. The van der Waals surface area contributed by atoms with Gasteiger partial charge in [0.05, 0.1) is 11.7 Å². The van der Waals surface area contributed by atoms with Crippen molar-refractivity contribution in [2.24, 2.45) is 22.9 Å². The molecule has 0 spiro atoms. The molecule has 0 fully saturated rings. The molecule has 3 heterocycles. The average Bonchev–Trinajstić information content (AvgIpc) is 3.07. The van der Waals surface area contributed by atoms with Crippen molar-refractivity contribution in [1.29, 1.82) is 0 Å². The summed E-state index contributed by atoms with van der Waals surface area (Å²) in [6, 6.07) is -0.323. The number of hydrazone groups is 1. The average molecular weight is 503 g/mol. The summed E-state index contributed by atoms with van der Waals surface area (Å²) in [7, 11) is 0. The molecule has 0 saturated carbocycles. The second-order valence-corrected chi connectivity index (χ2v) is 11.3. The lowest BCUT2D eigenvalue weighted by Gasteiger charge is -2.48. The van der Waals surface area contributed by atoms with Crippen molar-refractivity contribution in [3.63, 3.8) is 0 Å². The van der Waals surface area contributed by atoms with Crippen LogP contribution in [0.15, 0.2) is 99.9 Å². The summed E-state index contributed by atoms with van der Waals surface area (Å²) in [5.74, 6) is 0.928. The van der Waals surface area contributed by atoms with Crippen LogP contribution in [0.2, 0.25) is 0 Å². The van der Waals surface area contributed by atoms with E-state index in [0.29, 0.717) is 24.7 Å². The fourth-order valence-corrected chi connectivity index (χ4v) is 5.94. The molecular formula is C31H39FN4O. The lowest BCUT2D eigenvalue weighted by molar-refractivity contribution is 0.0844. The monoisotopic (exact) mass is 502 g/mol. The van der Waals surface area contributed by atoms with Gasteiger partial charge in [0, 0.05) is 36.0 Å². The number of aliphatic hydroxyl groups excluding tert-OH is 1. The molecule has 37 heavy (non-hydrogen) atoms. The van der Waals surface area contributed by atoms with Crippen molar-refractivity contribution in [3.8, 4) is 0 Å². The Hall–Kier alpha value is -2.96. The van der Waals surface area contributed by atoms with Crippen LogP contribution in [0.1, 0.15) is 53.4 Å². The molecule has 5 nitrogen and oxygen atoms in total. The van der Waals surface area contributed by atoms with Crippen molar-refractivity contribution in [1.82, 2.24) is 15.6 Å². The van der Waals surface area contributed by atoms with Gasteiger partial charge in [-0.3, -0.25) is 0 Å². The van der Waals surface area contributed by atoms with Crippen LogP contribution in [0, 0.1) is 17.8 Å². The highest BCUT2D eigenvalue weighted by Gasteiger charge is 2.43. The fraction of sp³-hybridized carbons (Fsp3) is 0.452. The minimum atomic E-state index is -0.851. The zero-order valence-electron chi connectivity index (χ0n) is 22.3. The molecule has 0 radical (unpaired) electrons. The minimum absolute atomic E-state index is 0.123. The maximum atomic E-state index is 13.5. The highest BCUT2D eigenvalue weighted by atomic mass is 19.1. The van der Waals surface area contributed by atoms with E-state index in [0.717, 1.165) is 29.8 Å². The van der Waals surface area contributed by atoms with Gasteiger partial charge >= 0.3 is 0 Å². The van der Waals surface area contributed by atoms with Gasteiger partial charge < -0.3 is 15.7 Å². The van der Waals surface area contributed by atoms with Gasteiger partial charge in [0.1, 0.15) is 12.1 Å². The fourth-order valence-electron chi connectivity index (χ4n) is 5.94. The maximum absolute atomic E-state index is 13.5. The highest BCUT2D eigenvalue weighted by molar-refractivity contribution is 5.62. The molecular weight excluding hydrogens is 463 g/mol. The van der Waals surface area contributed by atoms with Crippen molar-refractivity contribution in [3.05, 3.63) is 94.8 Å². The molecule has 6 heteroatoms. The lowest BCUT2D eigenvalue weighted by atomic mass is 9.67. The molecule has 0 aromatic rings. The molecule has 0 saturated heterocycles. The largest absolute Gasteiger partial charge is 0.372 e. The van der Waals surface area contributed by atoms with Gasteiger partial charge in [-0.05, 0) is 74.3 Å². The molecule has 0 aromatic heterocycles. The topological polar surface area (TPSA) is 59.9 Å². The van der Waals surface area contributed by atoms with Crippen molar-refractivity contribution in [2.45, 2.75) is 71.2 Å². The van der Waals surface area contributed by atoms with E-state index in [4.69, 9.17) is 5.10 Å². The molecule has 5 rings (SSSR count). The molecule has 0 amide bonds. The van der Waals surface area contributed by atoms with Crippen LogP contribution < -0.4 is 10.6 Å². The number of aliphatic hydroxyl groups is 1. The molecule has 0 aromatic carbocycles. The van der Waals surface area contributed by atoms with E-state index in [9.17, 15) is 9.50 Å². The third-order valence-corrected chi connectivity index (χ3v) is 8.35. The Morgan fingerprint density at radius 1 is 1.22 bits per heavy atom. The molecule has 6 atom stereocenters. The summed E-state index contributed by atoms with van der Waals surface area (Å²) >= 11 is 0. The molecule has 0 bridgehead atoms. The van der Waals surface area contributed by atoms with Crippen LogP contribution in [-0.4, -0.2) is 34.1 Å². The lowest BCUT2D eigenvalue weighted by Crippen LogP contribution is -2.61. The quantitative estimate of drug-likeness (QED) is 0.409. The Labute approximate surface area is 220 Å². The van der Waals surface area contributed by atoms with Crippen LogP contribution in [0.4, 0.5) is 4.39 Å². The predicted molar refractivity (Wildman–Crippen MR) is 149 cm³/mol. The number of halogens is 1. The Bertz CT molecular complexity index is 1200. The summed E-state index contributed by atoms with van der Waals surface area (Å²) < 4.78 is 13.5. The van der Waals surface area contributed by atoms with Gasteiger partial charge in [-0.15, -0.1) is 0 Å². The molecule has 3 aliphatic heterocycles. The summed E-state index contributed by atoms with van der Waals surface area (Å²) in [4.78, 5) is 0. The maximum Gasteiger partial charge on any atom is 0.143 e. The minimum Gasteiger partial charge on any atom is -0.372 e. The van der Waals surface area contributed by atoms with E-state index in [2.05, 4.69) is 87.1 Å². The second kappa shape index (κ2) is 10.4. The predicted octanol–water partition coefficient (Wildman–Crippen LogP) is 5.91. The third-order valence-electron chi connectivity index (χ3n) is 8.35. The van der Waals surface area contributed by atoms with E-state index in [1.165, 1.54) is 17.2 Å². The Balaban J connectivity index is 1.47. The summed E-state index contributed by atoms with van der Waals surface area (Å²) in [6.45, 7) is 8.92. The van der Waals surface area contributed by atoms with Crippen LogP contribution >= 0.6 is 0 Å². The number of fused-ring (bicyclic) bond motifs is 1. The number of hydrogen-bond donors (Lipinski definition) is 3. The van der Waals surface area contributed by atoms with Crippen LogP contribution in [0.5, 0.6) is 0 Å². The van der Waals surface area contributed by atoms with Gasteiger partial charge in [0.25, 0.3) is 0 Å². The first kappa shape index (κ1) is 25.7. The zero-order chi connectivity index (χ0) is 26.2. The van der Waals surface area contributed by atoms with Crippen molar-refractivity contribution in [2.75, 3.05) is 0 Å². The van der Waals surface area contributed by atoms with E-state index in [1.807, 2.05) is 11.2 Å². The molecule has 3 N–H and O–H groups in total. The van der Waals surface area contributed by atoms with Gasteiger partial charge in [-0.2, -0.15) is 5.10 Å². The molecule has 2 aliphatic carbocycles. The highest BCUT2D eigenvalue weighted by Crippen LogP contribution is 2.42. The van der Waals surface area contributed by atoms with Crippen LogP contribution in [-0.2, 0) is 0 Å². The molecule has 196 valence electrons. The van der Waals surface area contributed by atoms with Gasteiger partial charge in [0.2, 0.25) is 0 Å². The SMILES string of the molecule is CC1=CC=CC([C@@]2(C)CC(C3=CN4N=C[C@H](C)CC=C4C=C3)=CC(C(O)NC3=CC=C(F)CC3)N2)[C@@H]1C. The Kier molecular flexibility index (Phi) is 7.24.